The number of ether oxygens (including phenoxy) is 1. The third kappa shape index (κ3) is 3.62. The predicted molar refractivity (Wildman–Crippen MR) is 112 cm³/mol. The van der Waals surface area contributed by atoms with Crippen LogP contribution in [-0.4, -0.2) is 33.9 Å². The first-order valence-electron chi connectivity index (χ1n) is 9.28. The Balaban J connectivity index is 1.68. The lowest BCUT2D eigenvalue weighted by atomic mass is 10.0. The van der Waals surface area contributed by atoms with Crippen molar-refractivity contribution in [1.82, 2.24) is 9.78 Å². The van der Waals surface area contributed by atoms with Gasteiger partial charge in [-0.25, -0.2) is 9.48 Å². The number of hydrogen-bond donors (Lipinski definition) is 3. The lowest BCUT2D eigenvalue weighted by Crippen LogP contribution is -2.25. The van der Waals surface area contributed by atoms with Crippen molar-refractivity contribution in [2.75, 3.05) is 17.7 Å². The number of aromatic nitrogens is 2. The molecule has 2 aromatic carbocycles. The van der Waals surface area contributed by atoms with Gasteiger partial charge in [-0.3, -0.25) is 4.79 Å². The van der Waals surface area contributed by atoms with E-state index in [1.807, 2.05) is 31.2 Å². The molecule has 0 saturated carbocycles. The summed E-state index contributed by atoms with van der Waals surface area (Å²) >= 11 is 0. The minimum absolute atomic E-state index is 0.00734. The highest BCUT2D eigenvalue weighted by Gasteiger charge is 2.29. The Hall–Kier alpha value is -4.07. The summed E-state index contributed by atoms with van der Waals surface area (Å²) in [6.07, 6.45) is 3.01. The molecule has 0 aliphatic carbocycles. The Morgan fingerprint density at radius 3 is 2.47 bits per heavy atom. The molecule has 8 heteroatoms. The van der Waals surface area contributed by atoms with Crippen molar-refractivity contribution in [1.29, 1.82) is 0 Å². The van der Waals surface area contributed by atoms with Gasteiger partial charge in [-0.1, -0.05) is 29.8 Å². The largest absolute Gasteiger partial charge is 0.497 e. The molecule has 0 radical (unpaired) electrons. The van der Waals surface area contributed by atoms with E-state index in [1.54, 1.807) is 42.1 Å². The third-order valence-corrected chi connectivity index (χ3v) is 4.88. The van der Waals surface area contributed by atoms with E-state index >= 15 is 0 Å². The average molecular weight is 404 g/mol. The quantitative estimate of drug-likeness (QED) is 0.602. The van der Waals surface area contributed by atoms with Crippen LogP contribution >= 0.6 is 0 Å². The van der Waals surface area contributed by atoms with Gasteiger partial charge < -0.3 is 20.5 Å². The van der Waals surface area contributed by atoms with Crippen LogP contribution < -0.4 is 15.4 Å². The number of aliphatic carboxylic acids is 1. The van der Waals surface area contributed by atoms with Gasteiger partial charge in [0.15, 0.2) is 0 Å². The predicted octanol–water partition coefficient (Wildman–Crippen LogP) is 3.44. The van der Waals surface area contributed by atoms with Gasteiger partial charge in [-0.15, -0.1) is 0 Å². The van der Waals surface area contributed by atoms with Crippen molar-refractivity contribution in [3.8, 4) is 5.75 Å². The number of aryl methyl sites for hydroxylation is 1. The van der Waals surface area contributed by atoms with Crippen molar-refractivity contribution < 1.29 is 19.4 Å². The summed E-state index contributed by atoms with van der Waals surface area (Å²) in [5, 5.41) is 19.5. The minimum Gasteiger partial charge on any atom is -0.497 e. The highest BCUT2D eigenvalue weighted by molar-refractivity contribution is 6.08. The number of hydrogen-bond acceptors (Lipinski definition) is 5. The fourth-order valence-corrected chi connectivity index (χ4v) is 3.26. The molecular weight excluding hydrogens is 384 g/mol. The summed E-state index contributed by atoms with van der Waals surface area (Å²) in [6.45, 7) is 1.98. The molecule has 8 nitrogen and oxygen atoms in total. The van der Waals surface area contributed by atoms with E-state index in [9.17, 15) is 14.7 Å². The van der Waals surface area contributed by atoms with Gasteiger partial charge >= 0.3 is 5.97 Å². The number of carbonyl (C=O) groups excluding carboxylic acids is 1. The molecule has 152 valence electrons. The molecule has 3 N–H and O–H groups in total. The highest BCUT2D eigenvalue weighted by Crippen LogP contribution is 2.32. The van der Waals surface area contributed by atoms with E-state index in [2.05, 4.69) is 15.7 Å². The number of methoxy groups -OCH3 is 1. The first kappa shape index (κ1) is 19.3. The smallest absolute Gasteiger partial charge is 0.352 e. The number of anilines is 2. The molecule has 0 saturated heterocycles. The summed E-state index contributed by atoms with van der Waals surface area (Å²) in [5.41, 5.74) is 2.78. The maximum Gasteiger partial charge on any atom is 0.352 e. The maximum absolute atomic E-state index is 12.9. The molecule has 30 heavy (non-hydrogen) atoms. The summed E-state index contributed by atoms with van der Waals surface area (Å²) in [6, 6.07) is 14.2. The minimum atomic E-state index is -1.11. The van der Waals surface area contributed by atoms with E-state index in [-0.39, 0.29) is 11.3 Å². The maximum atomic E-state index is 12.9. The fourth-order valence-electron chi connectivity index (χ4n) is 3.26. The summed E-state index contributed by atoms with van der Waals surface area (Å²) in [4.78, 5) is 24.5. The van der Waals surface area contributed by atoms with Crippen LogP contribution in [0.4, 0.5) is 11.5 Å². The zero-order valence-corrected chi connectivity index (χ0v) is 16.4. The molecule has 2 heterocycles. The van der Waals surface area contributed by atoms with Crippen molar-refractivity contribution in [2.45, 2.75) is 13.0 Å². The van der Waals surface area contributed by atoms with Gasteiger partial charge in [0.2, 0.25) is 0 Å². The lowest BCUT2D eigenvalue weighted by Gasteiger charge is -2.24. The lowest BCUT2D eigenvalue weighted by molar-refractivity contribution is -0.132. The highest BCUT2D eigenvalue weighted by atomic mass is 16.5. The number of amides is 1. The first-order chi connectivity index (χ1) is 14.5. The molecule has 1 aliphatic rings. The molecule has 1 aliphatic heterocycles. The van der Waals surface area contributed by atoms with Crippen LogP contribution in [0.15, 0.2) is 66.5 Å². The number of nitrogens with zero attached hydrogens (tertiary/aromatic N) is 2. The molecule has 0 spiro atoms. The van der Waals surface area contributed by atoms with Gasteiger partial charge in [0.1, 0.15) is 22.8 Å². The molecule has 0 unspecified atom stereocenters. The zero-order chi connectivity index (χ0) is 21.3. The number of carboxylic acids is 1. The van der Waals surface area contributed by atoms with E-state index in [0.29, 0.717) is 17.3 Å². The molecule has 1 atom stereocenters. The second-order valence-corrected chi connectivity index (χ2v) is 6.90. The van der Waals surface area contributed by atoms with Crippen molar-refractivity contribution in [2.24, 2.45) is 0 Å². The second kappa shape index (κ2) is 7.75. The Morgan fingerprint density at radius 2 is 1.83 bits per heavy atom. The standard InChI is InChI=1S/C22H20N4O4/c1-13-3-5-14(6-4-13)19-11-18(22(28)29)25-20-17(12-23-26(19)20)21(27)24-15-7-9-16(30-2)10-8-15/h3-12,19,25H,1-2H3,(H,24,27)(H,28,29)/t19-/m0/s1. The Labute approximate surface area is 172 Å². The Morgan fingerprint density at radius 1 is 1.13 bits per heavy atom. The molecule has 0 fully saturated rings. The van der Waals surface area contributed by atoms with Crippen LogP contribution in [0, 0.1) is 6.92 Å². The second-order valence-electron chi connectivity index (χ2n) is 6.90. The fraction of sp³-hybridized carbons (Fsp3) is 0.136. The zero-order valence-electron chi connectivity index (χ0n) is 16.4. The summed E-state index contributed by atoms with van der Waals surface area (Å²) in [7, 11) is 1.57. The van der Waals surface area contributed by atoms with Crippen LogP contribution in [0.25, 0.3) is 0 Å². The van der Waals surface area contributed by atoms with Crippen LogP contribution in [0.3, 0.4) is 0 Å². The van der Waals surface area contributed by atoms with Gasteiger partial charge in [0, 0.05) is 5.69 Å². The molecular formula is C22H20N4O4. The number of nitrogens with one attached hydrogen (secondary N) is 2. The molecule has 0 bridgehead atoms. The van der Waals surface area contributed by atoms with Gasteiger partial charge in [-0.05, 0) is 42.8 Å². The van der Waals surface area contributed by atoms with Crippen molar-refractivity contribution in [3.63, 3.8) is 0 Å². The van der Waals surface area contributed by atoms with E-state index in [0.717, 1.165) is 11.1 Å². The molecule has 1 amide bonds. The summed E-state index contributed by atoms with van der Waals surface area (Å²) < 4.78 is 6.73. The van der Waals surface area contributed by atoms with Crippen LogP contribution in [0.2, 0.25) is 0 Å². The molecule has 4 rings (SSSR count). The third-order valence-electron chi connectivity index (χ3n) is 4.88. The Bertz CT molecular complexity index is 1130. The normalized spacial score (nSPS) is 14.9. The monoisotopic (exact) mass is 404 g/mol. The molecule has 3 aromatic rings. The Kier molecular flexibility index (Phi) is 4.97. The van der Waals surface area contributed by atoms with Crippen LogP contribution in [0.1, 0.15) is 27.5 Å². The van der Waals surface area contributed by atoms with Gasteiger partial charge in [0.05, 0.1) is 19.3 Å². The number of rotatable bonds is 5. The van der Waals surface area contributed by atoms with Crippen LogP contribution in [-0.2, 0) is 4.79 Å². The first-order valence-corrected chi connectivity index (χ1v) is 9.28. The SMILES string of the molecule is COc1ccc(NC(=O)c2cnn3c2NC(C(=O)O)=C[C@H]3c2ccc(C)cc2)cc1. The number of carboxylic acid groups (broad SMARTS) is 1. The number of fused-ring (bicyclic) bond motifs is 1. The average Bonchev–Trinajstić information content (AvgIpc) is 3.18. The topological polar surface area (TPSA) is 105 Å². The number of benzene rings is 2. The van der Waals surface area contributed by atoms with Crippen molar-refractivity contribution in [3.05, 3.63) is 83.2 Å². The van der Waals surface area contributed by atoms with Gasteiger partial charge in [0.25, 0.3) is 5.91 Å². The van der Waals surface area contributed by atoms with Gasteiger partial charge in [-0.2, -0.15) is 5.10 Å². The number of allylic oxidation sites excluding steroid dienone is 1. The van der Waals surface area contributed by atoms with Crippen molar-refractivity contribution >= 4 is 23.4 Å². The van der Waals surface area contributed by atoms with E-state index < -0.39 is 17.9 Å². The van der Waals surface area contributed by atoms with E-state index in [1.165, 1.54) is 6.20 Å². The molecule has 1 aromatic heterocycles. The summed E-state index contributed by atoms with van der Waals surface area (Å²) in [5.74, 6) is -0.509. The van der Waals surface area contributed by atoms with E-state index in [4.69, 9.17) is 4.74 Å². The van der Waals surface area contributed by atoms with Crippen LogP contribution in [0.5, 0.6) is 5.75 Å². The number of carbonyl (C=O) groups is 2.